The van der Waals surface area contributed by atoms with Gasteiger partial charge >= 0.3 is 11.9 Å². The number of allylic oxidation sites excluding steroid dienone is 1. The van der Waals surface area contributed by atoms with Crippen LogP contribution in [0.5, 0.6) is 0 Å². The molecule has 5 heteroatoms. The molecule has 0 heterocycles. The van der Waals surface area contributed by atoms with Gasteiger partial charge in [-0.25, -0.2) is 4.79 Å². The van der Waals surface area contributed by atoms with Crippen LogP contribution in [0.1, 0.15) is 92.4 Å². The van der Waals surface area contributed by atoms with Gasteiger partial charge in [-0.15, -0.1) is 0 Å². The van der Waals surface area contributed by atoms with E-state index in [1.165, 1.54) is 31.8 Å². The van der Waals surface area contributed by atoms with Crippen LogP contribution >= 0.6 is 0 Å². The van der Waals surface area contributed by atoms with Gasteiger partial charge in [0.25, 0.3) is 0 Å². The van der Waals surface area contributed by atoms with Gasteiger partial charge in [0.05, 0.1) is 6.61 Å². The molecular weight excluding hydrogens is 416 g/mol. The maximum atomic E-state index is 12.4. The second-order valence-corrected chi connectivity index (χ2v) is 11.8. The van der Waals surface area contributed by atoms with Crippen molar-refractivity contribution in [3.63, 3.8) is 0 Å². The number of fused-ring (bicyclic) bond motifs is 5. The summed E-state index contributed by atoms with van der Waals surface area (Å²) in [5.74, 6) is 1.56. The molecule has 0 bridgehead atoms. The maximum absolute atomic E-state index is 12.4. The van der Waals surface area contributed by atoms with Crippen molar-refractivity contribution < 1.29 is 23.9 Å². The lowest BCUT2D eigenvalue weighted by molar-refractivity contribution is -0.154. The number of ketones is 1. The molecule has 0 amide bonds. The smallest absolute Gasteiger partial charge is 0.374 e. The number of Topliss-reactive ketones (excluding diaryl/α,β-unsaturated/α-hetero) is 1. The Labute approximate surface area is 199 Å². The van der Waals surface area contributed by atoms with Gasteiger partial charge < -0.3 is 9.47 Å². The van der Waals surface area contributed by atoms with Gasteiger partial charge in [0.15, 0.2) is 0 Å². The molecule has 4 aliphatic rings. The molecule has 0 radical (unpaired) electrons. The van der Waals surface area contributed by atoms with E-state index < -0.39 is 5.97 Å². The summed E-state index contributed by atoms with van der Waals surface area (Å²) in [6.07, 6.45) is 11.8. The Morgan fingerprint density at radius 3 is 2.55 bits per heavy atom. The van der Waals surface area contributed by atoms with Crippen LogP contribution < -0.4 is 0 Å². The lowest BCUT2D eigenvalue weighted by atomic mass is 9.47. The first kappa shape index (κ1) is 24.5. The summed E-state index contributed by atoms with van der Waals surface area (Å²) >= 11 is 0. The molecule has 0 spiro atoms. The van der Waals surface area contributed by atoms with Crippen molar-refractivity contribution in [2.45, 2.75) is 98.5 Å². The predicted molar refractivity (Wildman–Crippen MR) is 126 cm³/mol. The normalized spacial score (nSPS) is 40.5. The molecule has 3 unspecified atom stereocenters. The van der Waals surface area contributed by atoms with E-state index in [0.717, 1.165) is 32.1 Å². The fourth-order valence-corrected chi connectivity index (χ4v) is 8.67. The van der Waals surface area contributed by atoms with E-state index >= 15 is 0 Å². The number of rotatable bonds is 6. The molecule has 5 nitrogen and oxygen atoms in total. The van der Waals surface area contributed by atoms with Crippen LogP contribution in [0.3, 0.4) is 0 Å². The molecule has 0 aromatic heterocycles. The van der Waals surface area contributed by atoms with Crippen molar-refractivity contribution >= 4 is 17.7 Å². The van der Waals surface area contributed by atoms with Gasteiger partial charge in [0.2, 0.25) is 5.78 Å². The van der Waals surface area contributed by atoms with E-state index in [1.807, 2.05) is 0 Å². The number of hydrogen-bond donors (Lipinski definition) is 0. The largest absolute Gasteiger partial charge is 0.462 e. The Kier molecular flexibility index (Phi) is 6.81. The van der Waals surface area contributed by atoms with Crippen LogP contribution in [0.25, 0.3) is 0 Å². The second-order valence-electron chi connectivity index (χ2n) is 11.8. The third kappa shape index (κ3) is 4.30. The van der Waals surface area contributed by atoms with Gasteiger partial charge in [-0.1, -0.05) is 32.4 Å². The molecule has 0 aliphatic heterocycles. The Morgan fingerprint density at radius 1 is 1.09 bits per heavy atom. The van der Waals surface area contributed by atoms with Gasteiger partial charge in [0, 0.05) is 19.8 Å². The quantitative estimate of drug-likeness (QED) is 0.292. The first-order chi connectivity index (χ1) is 15.6. The van der Waals surface area contributed by atoms with Gasteiger partial charge in [-0.05, 0) is 92.3 Å². The topological polar surface area (TPSA) is 69.7 Å². The number of hydrogen-bond acceptors (Lipinski definition) is 5. The fraction of sp³-hybridized carbons (Fsp3) is 0.821. The van der Waals surface area contributed by atoms with E-state index in [2.05, 4.69) is 26.8 Å². The predicted octanol–water partition coefficient (Wildman–Crippen LogP) is 5.66. The Balaban J connectivity index is 1.48. The van der Waals surface area contributed by atoms with E-state index in [0.29, 0.717) is 30.1 Å². The fourth-order valence-electron chi connectivity index (χ4n) is 8.67. The summed E-state index contributed by atoms with van der Waals surface area (Å²) in [5.41, 5.74) is 1.99. The monoisotopic (exact) mass is 458 g/mol. The average Bonchev–Trinajstić information content (AvgIpc) is 3.11. The molecule has 3 saturated carbocycles. The first-order valence-electron chi connectivity index (χ1n) is 13.2. The minimum Gasteiger partial charge on any atom is -0.462 e. The zero-order valence-electron chi connectivity index (χ0n) is 21.2. The van der Waals surface area contributed by atoms with Crippen LogP contribution in [0.2, 0.25) is 0 Å². The van der Waals surface area contributed by atoms with Gasteiger partial charge in [-0.3, -0.25) is 9.59 Å². The molecular formula is C28H42O5. The molecule has 3 fully saturated rings. The summed E-state index contributed by atoms with van der Waals surface area (Å²) in [6.45, 7) is 10.6. The second kappa shape index (κ2) is 9.19. The van der Waals surface area contributed by atoms with E-state index in [1.54, 1.807) is 6.92 Å². The zero-order chi connectivity index (χ0) is 24.0. The Morgan fingerprint density at radius 2 is 1.85 bits per heavy atom. The van der Waals surface area contributed by atoms with Crippen molar-refractivity contribution in [2.75, 3.05) is 6.61 Å². The lowest BCUT2D eigenvalue weighted by Gasteiger charge is -2.58. The highest BCUT2D eigenvalue weighted by molar-refractivity contribution is 6.33. The van der Waals surface area contributed by atoms with E-state index in [9.17, 15) is 14.4 Å². The summed E-state index contributed by atoms with van der Waals surface area (Å²) in [7, 11) is 0. The van der Waals surface area contributed by atoms with Crippen molar-refractivity contribution in [1.82, 2.24) is 0 Å². The third-order valence-corrected chi connectivity index (χ3v) is 10.2. The summed E-state index contributed by atoms with van der Waals surface area (Å²) < 4.78 is 10.5. The number of ether oxygens (including phenoxy) is 2. The molecule has 184 valence electrons. The summed E-state index contributed by atoms with van der Waals surface area (Å²) in [4.78, 5) is 35.7. The van der Waals surface area contributed by atoms with Crippen LogP contribution in [0.4, 0.5) is 0 Å². The van der Waals surface area contributed by atoms with E-state index in [4.69, 9.17) is 9.47 Å². The number of carbonyl (C=O) groups excluding carboxylic acids is 3. The van der Waals surface area contributed by atoms with Crippen LogP contribution in [0, 0.1) is 40.4 Å². The van der Waals surface area contributed by atoms with Crippen molar-refractivity contribution in [1.29, 1.82) is 0 Å². The molecule has 4 aliphatic carbocycles. The van der Waals surface area contributed by atoms with E-state index in [-0.39, 0.29) is 41.2 Å². The number of esters is 2. The van der Waals surface area contributed by atoms with Crippen molar-refractivity contribution in [3.8, 4) is 0 Å². The highest BCUT2D eigenvalue weighted by Gasteiger charge is 2.59. The Hall–Kier alpha value is -1.65. The molecule has 0 N–H and O–H groups in total. The molecule has 0 aromatic rings. The lowest BCUT2D eigenvalue weighted by Crippen LogP contribution is -2.51. The minimum atomic E-state index is -0.671. The number of carbonyl (C=O) groups is 3. The minimum absolute atomic E-state index is 0.0425. The van der Waals surface area contributed by atoms with Crippen LogP contribution in [-0.2, 0) is 23.9 Å². The molecule has 0 saturated heterocycles. The average molecular weight is 459 g/mol. The van der Waals surface area contributed by atoms with Crippen molar-refractivity contribution in [3.05, 3.63) is 11.6 Å². The van der Waals surface area contributed by atoms with Crippen molar-refractivity contribution in [2.24, 2.45) is 40.4 Å². The van der Waals surface area contributed by atoms with Crippen LogP contribution in [0.15, 0.2) is 11.6 Å². The first-order valence-corrected chi connectivity index (χ1v) is 13.2. The SMILES string of the molecule is CCOC(=O)C(=O)C[C@@H](C)[C@H]1CCC2C3CC=C4C[C@@H](OC(C)=O)CC[C@]4(C)C3CC[C@@]21C. The highest BCUT2D eigenvalue weighted by Crippen LogP contribution is 2.67. The van der Waals surface area contributed by atoms with Crippen LogP contribution in [-0.4, -0.2) is 30.4 Å². The molecule has 33 heavy (non-hydrogen) atoms. The Bertz CT molecular complexity index is 830. The standard InChI is InChI=1S/C28H42O5/c1-6-32-26(31)25(30)15-17(2)22-9-10-23-21-8-7-19-16-20(33-18(3)29)11-13-27(19,4)24(21)12-14-28(22,23)5/h7,17,20-24H,6,8-16H2,1-5H3/t17-,20+,21?,22-,23?,24?,27+,28-/m1/s1. The molecule has 4 rings (SSSR count). The van der Waals surface area contributed by atoms with Gasteiger partial charge in [-0.2, -0.15) is 0 Å². The maximum Gasteiger partial charge on any atom is 0.374 e. The summed E-state index contributed by atoms with van der Waals surface area (Å²) in [5, 5.41) is 0. The third-order valence-electron chi connectivity index (χ3n) is 10.2. The van der Waals surface area contributed by atoms with Gasteiger partial charge in [0.1, 0.15) is 6.10 Å². The molecule has 8 atom stereocenters. The zero-order valence-corrected chi connectivity index (χ0v) is 21.2. The highest BCUT2D eigenvalue weighted by atomic mass is 16.5. The molecule has 0 aromatic carbocycles. The summed E-state index contributed by atoms with van der Waals surface area (Å²) in [6, 6.07) is 0.